The topological polar surface area (TPSA) is 97.0 Å². The third-order valence-corrected chi connectivity index (χ3v) is 8.40. The summed E-state index contributed by atoms with van der Waals surface area (Å²) >= 11 is 0. The summed E-state index contributed by atoms with van der Waals surface area (Å²) in [6.45, 7) is 3.60. The lowest BCUT2D eigenvalue weighted by molar-refractivity contribution is -0.138. The highest BCUT2D eigenvalue weighted by molar-refractivity contribution is 6.45. The first-order valence-corrected chi connectivity index (χ1v) is 14.3. The number of amides is 1. The van der Waals surface area contributed by atoms with Crippen LogP contribution in [0.4, 0.5) is 13.2 Å². The Labute approximate surface area is 241 Å². The van der Waals surface area contributed by atoms with Crippen LogP contribution in [0.1, 0.15) is 47.6 Å². The molecule has 3 heterocycles. The van der Waals surface area contributed by atoms with E-state index < -0.39 is 30.4 Å². The number of alkyl halides is 3. The second-order valence-electron chi connectivity index (χ2n) is 11.0. The fourth-order valence-corrected chi connectivity index (χ4v) is 6.03. The SMILES string of the molecule is CB(O)N1CCC(C(=O)N2CCC(n3c(=O)n(CCOC(=O)c4ccccc4)c4cc(C(F)(F)F)ccc43)CC2)CC1. The van der Waals surface area contributed by atoms with E-state index in [1.165, 1.54) is 15.2 Å². The van der Waals surface area contributed by atoms with Crippen LogP contribution < -0.4 is 5.69 Å². The molecule has 9 nitrogen and oxygen atoms in total. The molecule has 1 N–H and O–H groups in total. The molecule has 42 heavy (non-hydrogen) atoms. The first-order chi connectivity index (χ1) is 20.0. The van der Waals surface area contributed by atoms with Gasteiger partial charge in [0.25, 0.3) is 0 Å². The van der Waals surface area contributed by atoms with E-state index in [-0.39, 0.29) is 36.5 Å². The van der Waals surface area contributed by atoms with Gasteiger partial charge in [0, 0.05) is 25.0 Å². The Morgan fingerprint density at radius 3 is 2.26 bits per heavy atom. The number of carbonyl (C=O) groups excluding carboxylic acids is 2. The van der Waals surface area contributed by atoms with Crippen LogP contribution in [0.25, 0.3) is 11.0 Å². The molecule has 0 unspecified atom stereocenters. The number of aromatic nitrogens is 2. The quantitative estimate of drug-likeness (QED) is 0.336. The van der Waals surface area contributed by atoms with Gasteiger partial charge in [-0.2, -0.15) is 13.2 Å². The van der Waals surface area contributed by atoms with Gasteiger partial charge in [0.05, 0.1) is 28.7 Å². The number of likely N-dealkylation sites (tertiary alicyclic amines) is 1. The molecule has 5 rings (SSSR count). The molecule has 0 bridgehead atoms. The minimum Gasteiger partial charge on any atom is -0.460 e. The third kappa shape index (κ3) is 6.26. The Morgan fingerprint density at radius 1 is 0.976 bits per heavy atom. The molecule has 0 atom stereocenters. The van der Waals surface area contributed by atoms with Crippen molar-refractivity contribution < 1.29 is 32.5 Å². The number of esters is 1. The molecular formula is C29H34BF3N4O5. The first kappa shape index (κ1) is 29.9. The molecule has 2 aliphatic rings. The van der Waals surface area contributed by atoms with Crippen LogP contribution in [0, 0.1) is 5.92 Å². The van der Waals surface area contributed by atoms with E-state index >= 15 is 0 Å². The number of halogens is 3. The molecule has 3 aromatic rings. The van der Waals surface area contributed by atoms with Gasteiger partial charge in [-0.25, -0.2) is 9.59 Å². The number of rotatable bonds is 7. The molecule has 0 saturated carbocycles. The third-order valence-electron chi connectivity index (χ3n) is 8.40. The van der Waals surface area contributed by atoms with E-state index in [1.807, 2.05) is 9.71 Å². The predicted molar refractivity (Wildman–Crippen MR) is 151 cm³/mol. The number of piperidine rings is 2. The van der Waals surface area contributed by atoms with Crippen LogP contribution in [0.5, 0.6) is 0 Å². The maximum Gasteiger partial charge on any atom is 0.416 e. The highest BCUT2D eigenvalue weighted by Crippen LogP contribution is 2.33. The van der Waals surface area contributed by atoms with Gasteiger partial charge >= 0.3 is 24.9 Å². The number of fused-ring (bicyclic) bond motifs is 1. The van der Waals surface area contributed by atoms with Gasteiger partial charge < -0.3 is 19.5 Å². The molecule has 224 valence electrons. The van der Waals surface area contributed by atoms with Gasteiger partial charge in [0.1, 0.15) is 6.61 Å². The van der Waals surface area contributed by atoms with Crippen LogP contribution in [0.3, 0.4) is 0 Å². The average molecular weight is 586 g/mol. The smallest absolute Gasteiger partial charge is 0.416 e. The van der Waals surface area contributed by atoms with E-state index in [1.54, 1.807) is 37.2 Å². The highest BCUT2D eigenvalue weighted by Gasteiger charge is 2.35. The lowest BCUT2D eigenvalue weighted by Crippen LogP contribution is -2.48. The summed E-state index contributed by atoms with van der Waals surface area (Å²) in [5.41, 5.74) is -0.521. The molecule has 0 aliphatic carbocycles. The number of hydrogen-bond donors (Lipinski definition) is 1. The maximum atomic E-state index is 13.6. The summed E-state index contributed by atoms with van der Waals surface area (Å²) in [5.74, 6) is -0.624. The summed E-state index contributed by atoms with van der Waals surface area (Å²) in [6.07, 6.45) is -2.27. The van der Waals surface area contributed by atoms with Crippen molar-refractivity contribution in [2.24, 2.45) is 5.92 Å². The summed E-state index contributed by atoms with van der Waals surface area (Å²) in [4.78, 5) is 42.9. The van der Waals surface area contributed by atoms with Crippen molar-refractivity contribution >= 4 is 30.0 Å². The summed E-state index contributed by atoms with van der Waals surface area (Å²) in [7, 11) is -0.541. The van der Waals surface area contributed by atoms with E-state index in [0.717, 1.165) is 12.1 Å². The Kier molecular flexibility index (Phi) is 8.79. The number of imidazole rings is 1. The highest BCUT2D eigenvalue weighted by atomic mass is 19.4. The molecule has 1 aromatic heterocycles. The Morgan fingerprint density at radius 2 is 1.64 bits per heavy atom. The standard InChI is InChI=1S/C29H34BF3N4O5/c1-30(41)35-15-9-20(10-16-35)26(38)34-13-11-23(12-14-34)37-24-8-7-22(29(31,32)33)19-25(24)36(28(37)40)17-18-42-27(39)21-5-3-2-4-6-21/h2-8,19-20,23,41H,9-18H2,1H3. The Bertz CT molecular complexity index is 1470. The molecule has 0 radical (unpaired) electrons. The monoisotopic (exact) mass is 586 g/mol. The van der Waals surface area contributed by atoms with Crippen LogP contribution in [-0.4, -0.2) is 75.6 Å². The van der Waals surface area contributed by atoms with Crippen molar-refractivity contribution in [3.8, 4) is 0 Å². The van der Waals surface area contributed by atoms with Crippen molar-refractivity contribution in [3.63, 3.8) is 0 Å². The Balaban J connectivity index is 1.32. The van der Waals surface area contributed by atoms with Crippen LogP contribution in [0.15, 0.2) is 53.3 Å². The van der Waals surface area contributed by atoms with Crippen molar-refractivity contribution in [2.75, 3.05) is 32.8 Å². The van der Waals surface area contributed by atoms with E-state index in [4.69, 9.17) is 4.74 Å². The number of hydrogen-bond acceptors (Lipinski definition) is 6. The molecule has 2 fully saturated rings. The predicted octanol–water partition coefficient (Wildman–Crippen LogP) is 3.66. The van der Waals surface area contributed by atoms with Crippen molar-refractivity contribution in [1.29, 1.82) is 0 Å². The number of nitrogens with zero attached hydrogens (tertiary/aromatic N) is 4. The fraction of sp³-hybridized carbons (Fsp3) is 0.483. The van der Waals surface area contributed by atoms with Gasteiger partial charge in [0.2, 0.25) is 5.91 Å². The Hall–Kier alpha value is -3.58. The van der Waals surface area contributed by atoms with E-state index in [2.05, 4.69) is 0 Å². The minimum atomic E-state index is -4.59. The fourth-order valence-electron chi connectivity index (χ4n) is 6.03. The lowest BCUT2D eigenvalue weighted by Gasteiger charge is -2.37. The van der Waals surface area contributed by atoms with Crippen molar-refractivity contribution in [3.05, 3.63) is 70.1 Å². The van der Waals surface area contributed by atoms with Gasteiger partial charge in [-0.15, -0.1) is 0 Å². The lowest BCUT2D eigenvalue weighted by atomic mass is 9.80. The van der Waals surface area contributed by atoms with Gasteiger partial charge in [0.15, 0.2) is 0 Å². The minimum absolute atomic E-state index is 0.0727. The summed E-state index contributed by atoms with van der Waals surface area (Å²) in [6, 6.07) is 11.3. The van der Waals surface area contributed by atoms with Crippen LogP contribution in [-0.2, 0) is 22.3 Å². The zero-order chi connectivity index (χ0) is 30.0. The zero-order valence-electron chi connectivity index (χ0n) is 23.4. The number of ether oxygens (including phenoxy) is 1. The van der Waals surface area contributed by atoms with Crippen molar-refractivity contribution in [1.82, 2.24) is 18.8 Å². The molecular weight excluding hydrogens is 552 g/mol. The second-order valence-corrected chi connectivity index (χ2v) is 11.0. The maximum absolute atomic E-state index is 13.6. The number of carbonyl (C=O) groups is 2. The first-order valence-electron chi connectivity index (χ1n) is 14.3. The number of benzene rings is 2. The van der Waals surface area contributed by atoms with Crippen molar-refractivity contribution in [2.45, 2.75) is 51.3 Å². The molecule has 0 spiro atoms. The van der Waals surface area contributed by atoms with Gasteiger partial charge in [-0.1, -0.05) is 18.2 Å². The van der Waals surface area contributed by atoms with Crippen LogP contribution >= 0.6 is 0 Å². The molecule has 13 heteroatoms. The average Bonchev–Trinajstić information content (AvgIpc) is 3.27. The summed E-state index contributed by atoms with van der Waals surface area (Å²) in [5, 5.41) is 9.79. The van der Waals surface area contributed by atoms with Crippen LogP contribution in [0.2, 0.25) is 6.82 Å². The normalized spacial score (nSPS) is 17.5. The van der Waals surface area contributed by atoms with E-state index in [0.29, 0.717) is 62.9 Å². The largest absolute Gasteiger partial charge is 0.460 e. The molecule has 2 aliphatic heterocycles. The molecule has 2 saturated heterocycles. The van der Waals surface area contributed by atoms with E-state index in [9.17, 15) is 32.6 Å². The van der Waals surface area contributed by atoms with Gasteiger partial charge in [-0.05, 0) is 75.9 Å². The summed E-state index contributed by atoms with van der Waals surface area (Å²) < 4.78 is 48.8. The molecule has 2 aromatic carbocycles. The zero-order valence-corrected chi connectivity index (χ0v) is 23.4. The second kappa shape index (κ2) is 12.3. The van der Waals surface area contributed by atoms with Gasteiger partial charge in [-0.3, -0.25) is 13.9 Å². The molecule has 1 amide bonds.